The number of carbonyl (C=O) groups excluding carboxylic acids is 1. The van der Waals surface area contributed by atoms with Gasteiger partial charge in [0, 0.05) is 28.2 Å². The topological polar surface area (TPSA) is 83.7 Å². The van der Waals surface area contributed by atoms with Gasteiger partial charge in [-0.25, -0.2) is 8.42 Å². The van der Waals surface area contributed by atoms with E-state index in [9.17, 15) is 13.2 Å². The van der Waals surface area contributed by atoms with Gasteiger partial charge in [-0.1, -0.05) is 6.92 Å². The summed E-state index contributed by atoms with van der Waals surface area (Å²) >= 11 is 1.10. The summed E-state index contributed by atoms with van der Waals surface area (Å²) in [5.74, 6) is -0.340. The Kier molecular flexibility index (Phi) is 4.46. The molecule has 2 N–H and O–H groups in total. The maximum atomic E-state index is 12.1. The van der Waals surface area contributed by atoms with Crippen molar-refractivity contribution in [3.63, 3.8) is 0 Å². The molecular formula is C11H19N3O3S2. The smallest absolute Gasteiger partial charge is 0.265 e. The van der Waals surface area contributed by atoms with Crippen molar-refractivity contribution < 1.29 is 13.2 Å². The van der Waals surface area contributed by atoms with Crippen molar-refractivity contribution >= 4 is 37.8 Å². The zero-order chi connectivity index (χ0) is 15.0. The van der Waals surface area contributed by atoms with Gasteiger partial charge in [-0.05, 0) is 0 Å². The number of carbonyl (C=O) groups is 1. The zero-order valence-electron chi connectivity index (χ0n) is 11.7. The summed E-state index contributed by atoms with van der Waals surface area (Å²) in [7, 11) is 3.19. The van der Waals surface area contributed by atoms with Crippen LogP contribution in [0.15, 0.2) is 4.90 Å². The van der Waals surface area contributed by atoms with Crippen molar-refractivity contribution in [3.05, 3.63) is 4.88 Å². The summed E-state index contributed by atoms with van der Waals surface area (Å²) in [5, 5.41) is 0.490. The van der Waals surface area contributed by atoms with Crippen LogP contribution in [0.25, 0.3) is 0 Å². The number of nitrogen functional groups attached to an aromatic ring is 1. The van der Waals surface area contributed by atoms with E-state index >= 15 is 0 Å². The van der Waals surface area contributed by atoms with Gasteiger partial charge in [0.25, 0.3) is 5.91 Å². The van der Waals surface area contributed by atoms with Crippen molar-refractivity contribution in [1.29, 1.82) is 0 Å². The first kappa shape index (κ1) is 15.8. The molecule has 0 radical (unpaired) electrons. The van der Waals surface area contributed by atoms with Crippen LogP contribution in [0.3, 0.4) is 0 Å². The molecule has 0 aliphatic heterocycles. The lowest BCUT2D eigenvalue weighted by Gasteiger charge is -2.12. The van der Waals surface area contributed by atoms with Gasteiger partial charge in [0.1, 0.15) is 14.8 Å². The van der Waals surface area contributed by atoms with Gasteiger partial charge in [-0.15, -0.1) is 11.3 Å². The van der Waals surface area contributed by atoms with Crippen LogP contribution in [-0.4, -0.2) is 53.2 Å². The lowest BCUT2D eigenvalue weighted by atomic mass is 10.3. The van der Waals surface area contributed by atoms with Crippen LogP contribution in [0.5, 0.6) is 0 Å². The molecule has 0 fully saturated rings. The van der Waals surface area contributed by atoms with Gasteiger partial charge in [0.05, 0.1) is 11.4 Å². The number of amides is 1. The van der Waals surface area contributed by atoms with Gasteiger partial charge in [-0.2, -0.15) is 0 Å². The van der Waals surface area contributed by atoms with Crippen molar-refractivity contribution in [3.8, 4) is 0 Å². The minimum atomic E-state index is -3.47. The number of hydrogen-bond donors (Lipinski definition) is 1. The first-order chi connectivity index (χ1) is 8.63. The molecule has 1 amide bonds. The van der Waals surface area contributed by atoms with E-state index in [2.05, 4.69) is 0 Å². The van der Waals surface area contributed by atoms with E-state index in [-0.39, 0.29) is 27.1 Å². The second-order valence-electron chi connectivity index (χ2n) is 4.48. The summed E-state index contributed by atoms with van der Waals surface area (Å²) < 4.78 is 24.3. The third-order valence-electron chi connectivity index (χ3n) is 2.58. The number of thiophene rings is 1. The van der Waals surface area contributed by atoms with Gasteiger partial charge in [0.2, 0.25) is 0 Å². The molecule has 1 rings (SSSR count). The molecule has 0 unspecified atom stereocenters. The zero-order valence-corrected chi connectivity index (χ0v) is 13.4. The average Bonchev–Trinajstić information content (AvgIpc) is 2.66. The van der Waals surface area contributed by atoms with Crippen molar-refractivity contribution in [2.45, 2.75) is 11.8 Å². The number of rotatable bonds is 4. The Balaban J connectivity index is 3.60. The fourth-order valence-electron chi connectivity index (χ4n) is 1.52. The second kappa shape index (κ2) is 5.38. The Hall–Kier alpha value is -1.28. The third kappa shape index (κ3) is 2.84. The molecular weight excluding hydrogens is 286 g/mol. The van der Waals surface area contributed by atoms with E-state index in [1.807, 2.05) is 0 Å². The molecule has 6 nitrogen and oxygen atoms in total. The van der Waals surface area contributed by atoms with E-state index in [0.29, 0.717) is 5.00 Å². The Bertz CT molecular complexity index is 589. The predicted molar refractivity (Wildman–Crippen MR) is 78.8 cm³/mol. The normalized spacial score (nSPS) is 11.4. The van der Waals surface area contributed by atoms with Gasteiger partial charge in [0.15, 0.2) is 9.84 Å². The van der Waals surface area contributed by atoms with Gasteiger partial charge >= 0.3 is 0 Å². The Morgan fingerprint density at radius 3 is 2.16 bits per heavy atom. The lowest BCUT2D eigenvalue weighted by molar-refractivity contribution is 0.0833. The van der Waals surface area contributed by atoms with Gasteiger partial charge < -0.3 is 15.5 Å². The number of anilines is 2. The molecule has 1 aromatic rings. The summed E-state index contributed by atoms with van der Waals surface area (Å²) in [4.78, 5) is 15.4. The quantitative estimate of drug-likeness (QED) is 0.893. The first-order valence-electron chi connectivity index (χ1n) is 5.67. The summed E-state index contributed by atoms with van der Waals surface area (Å²) in [6.45, 7) is 1.55. The monoisotopic (exact) mass is 305 g/mol. The third-order valence-corrected chi connectivity index (χ3v) is 5.87. The van der Waals surface area contributed by atoms with Crippen LogP contribution in [-0.2, 0) is 9.84 Å². The van der Waals surface area contributed by atoms with E-state index in [1.165, 1.54) is 4.90 Å². The number of hydrogen-bond acceptors (Lipinski definition) is 6. The van der Waals surface area contributed by atoms with Crippen molar-refractivity contribution in [1.82, 2.24) is 4.90 Å². The molecule has 1 aromatic heterocycles. The minimum absolute atomic E-state index is 0.0502. The molecule has 0 saturated carbocycles. The van der Waals surface area contributed by atoms with Crippen LogP contribution in [0.4, 0.5) is 10.7 Å². The Morgan fingerprint density at radius 2 is 1.79 bits per heavy atom. The highest BCUT2D eigenvalue weighted by molar-refractivity contribution is 7.92. The highest BCUT2D eigenvalue weighted by Gasteiger charge is 2.30. The van der Waals surface area contributed by atoms with Crippen LogP contribution >= 0.6 is 11.3 Å². The summed E-state index contributed by atoms with van der Waals surface area (Å²) in [5.41, 5.74) is 5.95. The standard InChI is InChI=1S/C11H19N3O3S2/c1-6-19(16,17)9-7(12)8(10(15)13(2)3)18-11(9)14(4)5/h6,12H2,1-5H3. The lowest BCUT2D eigenvalue weighted by Crippen LogP contribution is -2.21. The molecule has 0 atom stereocenters. The molecule has 0 spiro atoms. The SMILES string of the molecule is CCS(=O)(=O)c1c(N(C)C)sc(C(=O)N(C)C)c1N. The largest absolute Gasteiger partial charge is 0.396 e. The Labute approximate surface area is 117 Å². The summed E-state index contributed by atoms with van der Waals surface area (Å²) in [6.07, 6.45) is 0. The molecule has 0 aromatic carbocycles. The molecule has 0 saturated heterocycles. The highest BCUT2D eigenvalue weighted by Crippen LogP contribution is 2.41. The average molecular weight is 305 g/mol. The van der Waals surface area contributed by atoms with Crippen LogP contribution in [0, 0.1) is 0 Å². The Morgan fingerprint density at radius 1 is 1.26 bits per heavy atom. The minimum Gasteiger partial charge on any atom is -0.396 e. The van der Waals surface area contributed by atoms with Crippen LogP contribution < -0.4 is 10.6 Å². The van der Waals surface area contributed by atoms with Crippen LogP contribution in [0.1, 0.15) is 16.6 Å². The van der Waals surface area contributed by atoms with Gasteiger partial charge in [-0.3, -0.25) is 4.79 Å². The van der Waals surface area contributed by atoms with Crippen molar-refractivity contribution in [2.24, 2.45) is 0 Å². The first-order valence-corrected chi connectivity index (χ1v) is 8.14. The molecule has 0 bridgehead atoms. The molecule has 1 heterocycles. The summed E-state index contributed by atoms with van der Waals surface area (Å²) in [6, 6.07) is 0. The fourth-order valence-corrected chi connectivity index (χ4v) is 4.32. The predicted octanol–water partition coefficient (Wildman–Crippen LogP) is 0.892. The van der Waals surface area contributed by atoms with E-state index in [4.69, 9.17) is 5.73 Å². The van der Waals surface area contributed by atoms with Crippen molar-refractivity contribution in [2.75, 3.05) is 44.6 Å². The van der Waals surface area contributed by atoms with E-state index < -0.39 is 9.84 Å². The van der Waals surface area contributed by atoms with E-state index in [0.717, 1.165) is 11.3 Å². The number of sulfone groups is 1. The number of nitrogens with zero attached hydrogens (tertiary/aromatic N) is 2. The molecule has 8 heteroatoms. The highest BCUT2D eigenvalue weighted by atomic mass is 32.2. The molecule has 19 heavy (non-hydrogen) atoms. The molecule has 0 aliphatic carbocycles. The van der Waals surface area contributed by atoms with Crippen LogP contribution in [0.2, 0.25) is 0 Å². The maximum absolute atomic E-state index is 12.1. The molecule has 0 aliphatic rings. The molecule has 108 valence electrons. The maximum Gasteiger partial charge on any atom is 0.265 e. The number of nitrogens with two attached hydrogens (primary N) is 1. The van der Waals surface area contributed by atoms with E-state index in [1.54, 1.807) is 40.0 Å². The fraction of sp³-hybridized carbons (Fsp3) is 0.545. The second-order valence-corrected chi connectivity index (χ2v) is 7.69.